The third-order valence-electron chi connectivity index (χ3n) is 3.97. The van der Waals surface area contributed by atoms with Crippen molar-refractivity contribution in [1.82, 2.24) is 4.90 Å². The highest BCUT2D eigenvalue weighted by Crippen LogP contribution is 2.31. The molecule has 0 amide bonds. The van der Waals surface area contributed by atoms with Crippen LogP contribution in [0.5, 0.6) is 0 Å². The summed E-state index contributed by atoms with van der Waals surface area (Å²) in [4.78, 5) is 2.31. The second-order valence-corrected chi connectivity index (χ2v) is 5.23. The minimum absolute atomic E-state index is 0.0895. The minimum atomic E-state index is -0.791. The molecule has 100 valence electrons. The van der Waals surface area contributed by atoms with Crippen LogP contribution >= 0.6 is 0 Å². The van der Waals surface area contributed by atoms with Crippen LogP contribution in [0.2, 0.25) is 0 Å². The number of nitrogens with two attached hydrogens (primary N) is 1. The van der Waals surface area contributed by atoms with Gasteiger partial charge in [-0.3, -0.25) is 4.90 Å². The summed E-state index contributed by atoms with van der Waals surface area (Å²) in [5.41, 5.74) is 6.52. The van der Waals surface area contributed by atoms with Gasteiger partial charge in [0.25, 0.3) is 0 Å². The van der Waals surface area contributed by atoms with Crippen LogP contribution in [0.3, 0.4) is 0 Å². The maximum atomic E-state index is 13.3. The second-order valence-electron chi connectivity index (χ2n) is 5.23. The van der Waals surface area contributed by atoms with Gasteiger partial charge in [-0.2, -0.15) is 0 Å². The van der Waals surface area contributed by atoms with Gasteiger partial charge in [0.15, 0.2) is 11.6 Å². The SMILES string of the molecule is CC1CC(CN)CN1C(C)c1ccc(F)c(F)c1. The van der Waals surface area contributed by atoms with E-state index >= 15 is 0 Å². The van der Waals surface area contributed by atoms with Gasteiger partial charge in [0.2, 0.25) is 0 Å². The van der Waals surface area contributed by atoms with Gasteiger partial charge in [-0.05, 0) is 50.4 Å². The van der Waals surface area contributed by atoms with Crippen LogP contribution in [0.15, 0.2) is 18.2 Å². The lowest BCUT2D eigenvalue weighted by Crippen LogP contribution is -2.30. The van der Waals surface area contributed by atoms with Gasteiger partial charge in [-0.25, -0.2) is 8.78 Å². The van der Waals surface area contributed by atoms with E-state index in [1.54, 1.807) is 6.07 Å². The lowest BCUT2D eigenvalue weighted by Gasteiger charge is -2.29. The van der Waals surface area contributed by atoms with Crippen LogP contribution in [0.4, 0.5) is 8.78 Å². The first-order chi connectivity index (χ1) is 8.52. The molecule has 0 bridgehead atoms. The third kappa shape index (κ3) is 2.54. The van der Waals surface area contributed by atoms with E-state index in [0.717, 1.165) is 18.5 Å². The number of hydrogen-bond donors (Lipinski definition) is 1. The average molecular weight is 254 g/mol. The topological polar surface area (TPSA) is 29.3 Å². The maximum Gasteiger partial charge on any atom is 0.159 e. The molecule has 1 aliphatic heterocycles. The quantitative estimate of drug-likeness (QED) is 0.898. The van der Waals surface area contributed by atoms with Gasteiger partial charge in [0.1, 0.15) is 0 Å². The summed E-state index contributed by atoms with van der Waals surface area (Å²) in [6.07, 6.45) is 1.07. The van der Waals surface area contributed by atoms with E-state index < -0.39 is 11.6 Å². The normalized spacial score (nSPS) is 26.5. The fraction of sp³-hybridized carbons (Fsp3) is 0.571. The molecule has 3 unspecified atom stereocenters. The summed E-state index contributed by atoms with van der Waals surface area (Å²) in [6, 6.07) is 4.67. The van der Waals surface area contributed by atoms with Gasteiger partial charge in [-0.15, -0.1) is 0 Å². The third-order valence-corrected chi connectivity index (χ3v) is 3.97. The summed E-state index contributed by atoms with van der Waals surface area (Å²) in [7, 11) is 0. The molecule has 1 heterocycles. The first-order valence-corrected chi connectivity index (χ1v) is 6.43. The molecule has 4 heteroatoms. The monoisotopic (exact) mass is 254 g/mol. The van der Waals surface area contributed by atoms with Gasteiger partial charge in [0.05, 0.1) is 0 Å². The van der Waals surface area contributed by atoms with Crippen molar-refractivity contribution < 1.29 is 8.78 Å². The molecule has 0 aromatic heterocycles. The largest absolute Gasteiger partial charge is 0.330 e. The summed E-state index contributed by atoms with van der Waals surface area (Å²) in [6.45, 7) is 5.80. The van der Waals surface area contributed by atoms with Crippen LogP contribution in [0.1, 0.15) is 31.9 Å². The zero-order chi connectivity index (χ0) is 13.3. The van der Waals surface area contributed by atoms with E-state index in [9.17, 15) is 8.78 Å². The summed E-state index contributed by atoms with van der Waals surface area (Å²) in [5.74, 6) is -1.06. The molecule has 0 spiro atoms. The predicted molar refractivity (Wildman–Crippen MR) is 68.1 cm³/mol. The Morgan fingerprint density at radius 3 is 2.67 bits per heavy atom. The van der Waals surface area contributed by atoms with E-state index in [2.05, 4.69) is 11.8 Å². The highest BCUT2D eigenvalue weighted by Gasteiger charge is 2.31. The van der Waals surface area contributed by atoms with Crippen molar-refractivity contribution in [2.24, 2.45) is 11.7 Å². The number of benzene rings is 1. The summed E-state index contributed by atoms with van der Waals surface area (Å²) >= 11 is 0. The first-order valence-electron chi connectivity index (χ1n) is 6.43. The summed E-state index contributed by atoms with van der Waals surface area (Å²) in [5, 5.41) is 0. The first kappa shape index (κ1) is 13.4. The number of halogens is 2. The molecular weight excluding hydrogens is 234 g/mol. The Morgan fingerprint density at radius 1 is 1.39 bits per heavy atom. The number of hydrogen-bond acceptors (Lipinski definition) is 2. The molecule has 1 saturated heterocycles. The van der Waals surface area contributed by atoms with Crippen molar-refractivity contribution in [3.63, 3.8) is 0 Å². The molecule has 1 aliphatic rings. The van der Waals surface area contributed by atoms with E-state index in [-0.39, 0.29) is 6.04 Å². The van der Waals surface area contributed by atoms with Gasteiger partial charge >= 0.3 is 0 Å². The molecular formula is C14H20F2N2. The van der Waals surface area contributed by atoms with Crippen LogP contribution in [-0.2, 0) is 0 Å². The van der Waals surface area contributed by atoms with Crippen LogP contribution < -0.4 is 5.73 Å². The van der Waals surface area contributed by atoms with Crippen LogP contribution in [-0.4, -0.2) is 24.0 Å². The van der Waals surface area contributed by atoms with Crippen molar-refractivity contribution in [1.29, 1.82) is 0 Å². The predicted octanol–water partition coefficient (Wildman–Crippen LogP) is 2.69. The van der Waals surface area contributed by atoms with E-state index in [4.69, 9.17) is 5.73 Å². The van der Waals surface area contributed by atoms with Crippen molar-refractivity contribution in [2.45, 2.75) is 32.4 Å². The highest BCUT2D eigenvalue weighted by atomic mass is 19.2. The van der Waals surface area contributed by atoms with Gasteiger partial charge in [0, 0.05) is 18.6 Å². The summed E-state index contributed by atoms with van der Waals surface area (Å²) < 4.78 is 26.2. The molecule has 1 aromatic carbocycles. The maximum absolute atomic E-state index is 13.3. The smallest absolute Gasteiger partial charge is 0.159 e. The molecule has 0 radical (unpaired) electrons. The molecule has 2 nitrogen and oxygen atoms in total. The van der Waals surface area contributed by atoms with Crippen LogP contribution in [0, 0.1) is 17.6 Å². The molecule has 2 rings (SSSR count). The Bertz CT molecular complexity index is 422. The van der Waals surface area contributed by atoms with E-state index in [0.29, 0.717) is 18.5 Å². The Hall–Kier alpha value is -1.00. The number of rotatable bonds is 3. The Labute approximate surface area is 107 Å². The van der Waals surface area contributed by atoms with Gasteiger partial charge < -0.3 is 5.73 Å². The molecule has 1 fully saturated rings. The van der Waals surface area contributed by atoms with Gasteiger partial charge in [-0.1, -0.05) is 6.07 Å². The number of likely N-dealkylation sites (tertiary alicyclic amines) is 1. The van der Waals surface area contributed by atoms with E-state index in [1.807, 2.05) is 6.92 Å². The Balaban J connectivity index is 2.15. The zero-order valence-corrected chi connectivity index (χ0v) is 10.9. The second kappa shape index (κ2) is 5.33. The average Bonchev–Trinajstić information content (AvgIpc) is 2.73. The molecule has 3 atom stereocenters. The number of nitrogens with zero attached hydrogens (tertiary/aromatic N) is 1. The van der Waals surface area contributed by atoms with Crippen molar-refractivity contribution in [3.05, 3.63) is 35.4 Å². The standard InChI is InChI=1S/C14H20F2N2/c1-9-5-11(7-17)8-18(9)10(2)12-3-4-13(15)14(16)6-12/h3-4,6,9-11H,5,7-8,17H2,1-2H3. The fourth-order valence-corrected chi connectivity index (χ4v) is 2.84. The Morgan fingerprint density at radius 2 is 2.11 bits per heavy atom. The van der Waals surface area contributed by atoms with Crippen molar-refractivity contribution in [2.75, 3.05) is 13.1 Å². The Kier molecular flexibility index (Phi) is 3.97. The fourth-order valence-electron chi connectivity index (χ4n) is 2.84. The van der Waals surface area contributed by atoms with E-state index in [1.165, 1.54) is 12.1 Å². The van der Waals surface area contributed by atoms with Crippen LogP contribution in [0.25, 0.3) is 0 Å². The lowest BCUT2D eigenvalue weighted by molar-refractivity contribution is 0.200. The minimum Gasteiger partial charge on any atom is -0.330 e. The molecule has 2 N–H and O–H groups in total. The molecule has 1 aromatic rings. The van der Waals surface area contributed by atoms with Crippen molar-refractivity contribution >= 4 is 0 Å². The lowest BCUT2D eigenvalue weighted by atomic mass is 10.1. The molecule has 18 heavy (non-hydrogen) atoms. The molecule has 0 saturated carbocycles. The van der Waals surface area contributed by atoms with Crippen molar-refractivity contribution in [3.8, 4) is 0 Å². The zero-order valence-electron chi connectivity index (χ0n) is 10.9. The highest BCUT2D eigenvalue weighted by molar-refractivity contribution is 5.21. The molecule has 0 aliphatic carbocycles.